The lowest BCUT2D eigenvalue weighted by molar-refractivity contribution is 0.531. The molecule has 72 valence electrons. The van der Waals surface area contributed by atoms with Crippen LogP contribution >= 0.6 is 0 Å². The predicted octanol–water partition coefficient (Wildman–Crippen LogP) is 3.63. The van der Waals surface area contributed by atoms with Gasteiger partial charge in [0, 0.05) is 11.6 Å². The van der Waals surface area contributed by atoms with Gasteiger partial charge in [-0.25, -0.2) is 4.39 Å². The molecule has 1 nitrogen and oxygen atoms in total. The quantitative estimate of drug-likeness (QED) is 0.630. The van der Waals surface area contributed by atoms with E-state index in [1.165, 1.54) is 12.6 Å². The van der Waals surface area contributed by atoms with Crippen LogP contribution in [0, 0.1) is 5.92 Å². The van der Waals surface area contributed by atoms with Gasteiger partial charge in [-0.05, 0) is 18.9 Å². The van der Waals surface area contributed by atoms with Crippen LogP contribution in [0.5, 0.6) is 0 Å². The SMILES string of the molecule is C=C1N=CC(F)=CCC1CCCC. The van der Waals surface area contributed by atoms with Crippen molar-refractivity contribution in [2.24, 2.45) is 10.9 Å². The molecule has 0 N–H and O–H groups in total. The molecule has 0 saturated heterocycles. The highest BCUT2D eigenvalue weighted by molar-refractivity contribution is 5.76. The Morgan fingerprint density at radius 1 is 1.69 bits per heavy atom. The average Bonchev–Trinajstić information content (AvgIpc) is 2.28. The molecule has 0 aliphatic carbocycles. The van der Waals surface area contributed by atoms with Gasteiger partial charge in [0.05, 0.1) is 6.21 Å². The molecule has 0 aromatic carbocycles. The van der Waals surface area contributed by atoms with Crippen LogP contribution in [-0.2, 0) is 0 Å². The molecule has 1 rings (SSSR count). The van der Waals surface area contributed by atoms with Crippen LogP contribution in [0.2, 0.25) is 0 Å². The van der Waals surface area contributed by atoms with E-state index in [4.69, 9.17) is 0 Å². The van der Waals surface area contributed by atoms with Crippen molar-refractivity contribution in [1.29, 1.82) is 0 Å². The number of hydrogen-bond acceptors (Lipinski definition) is 1. The number of unbranched alkanes of at least 4 members (excludes halogenated alkanes) is 1. The number of rotatable bonds is 3. The molecule has 1 atom stereocenters. The molecular weight excluding hydrogens is 165 g/mol. The molecule has 2 heteroatoms. The summed E-state index contributed by atoms with van der Waals surface area (Å²) >= 11 is 0. The van der Waals surface area contributed by atoms with Crippen molar-refractivity contribution >= 4 is 6.21 Å². The number of nitrogens with zero attached hydrogens (tertiary/aromatic N) is 1. The van der Waals surface area contributed by atoms with E-state index in [2.05, 4.69) is 18.5 Å². The minimum Gasteiger partial charge on any atom is -0.259 e. The maximum Gasteiger partial charge on any atom is 0.137 e. The molecule has 0 bridgehead atoms. The third-order valence-electron chi connectivity index (χ3n) is 2.33. The van der Waals surface area contributed by atoms with Crippen molar-refractivity contribution < 1.29 is 4.39 Å². The summed E-state index contributed by atoms with van der Waals surface area (Å²) in [6.07, 6.45) is 6.99. The lowest BCUT2D eigenvalue weighted by Crippen LogP contribution is -1.99. The summed E-state index contributed by atoms with van der Waals surface area (Å²) in [6.45, 7) is 6.00. The van der Waals surface area contributed by atoms with E-state index in [-0.39, 0.29) is 5.83 Å². The van der Waals surface area contributed by atoms with Gasteiger partial charge in [-0.15, -0.1) is 0 Å². The molecular formula is C11H16FN. The van der Waals surface area contributed by atoms with Gasteiger partial charge in [0.2, 0.25) is 0 Å². The largest absolute Gasteiger partial charge is 0.259 e. The highest BCUT2D eigenvalue weighted by atomic mass is 19.1. The van der Waals surface area contributed by atoms with Crippen LogP contribution in [-0.4, -0.2) is 6.21 Å². The first-order chi connectivity index (χ1) is 6.24. The average molecular weight is 181 g/mol. The minimum absolute atomic E-state index is 0.236. The zero-order chi connectivity index (χ0) is 9.68. The smallest absolute Gasteiger partial charge is 0.137 e. The minimum atomic E-state index is -0.236. The van der Waals surface area contributed by atoms with Crippen molar-refractivity contribution in [2.45, 2.75) is 32.6 Å². The maximum atomic E-state index is 12.8. The third kappa shape index (κ3) is 3.13. The van der Waals surface area contributed by atoms with Gasteiger partial charge in [-0.1, -0.05) is 26.3 Å². The van der Waals surface area contributed by atoms with E-state index in [9.17, 15) is 4.39 Å². The highest BCUT2D eigenvalue weighted by Crippen LogP contribution is 2.24. The van der Waals surface area contributed by atoms with E-state index in [1.807, 2.05) is 0 Å². The van der Waals surface area contributed by atoms with Gasteiger partial charge in [-0.3, -0.25) is 4.99 Å². The number of allylic oxidation sites excluding steroid dienone is 3. The maximum absolute atomic E-state index is 12.8. The lowest BCUT2D eigenvalue weighted by atomic mass is 9.96. The molecule has 0 radical (unpaired) electrons. The Hall–Kier alpha value is -0.920. The predicted molar refractivity (Wildman–Crippen MR) is 54.5 cm³/mol. The molecule has 0 aromatic heterocycles. The summed E-state index contributed by atoms with van der Waals surface area (Å²) in [5.41, 5.74) is 0.817. The monoisotopic (exact) mass is 181 g/mol. The summed E-state index contributed by atoms with van der Waals surface area (Å²) in [4.78, 5) is 3.98. The Morgan fingerprint density at radius 2 is 2.46 bits per heavy atom. The van der Waals surface area contributed by atoms with Crippen molar-refractivity contribution in [3.8, 4) is 0 Å². The van der Waals surface area contributed by atoms with Gasteiger partial charge in [0.1, 0.15) is 5.83 Å². The topological polar surface area (TPSA) is 12.4 Å². The Morgan fingerprint density at radius 3 is 3.15 bits per heavy atom. The summed E-state index contributed by atoms with van der Waals surface area (Å²) in [5, 5.41) is 0. The normalized spacial score (nSPS) is 22.8. The third-order valence-corrected chi connectivity index (χ3v) is 2.33. The first kappa shape index (κ1) is 10.2. The van der Waals surface area contributed by atoms with Crippen molar-refractivity contribution in [1.82, 2.24) is 0 Å². The Bertz CT molecular complexity index is 240. The summed E-state index contributed by atoms with van der Waals surface area (Å²) in [5.74, 6) is 0.101. The molecule has 0 spiro atoms. The van der Waals surface area contributed by atoms with Gasteiger partial charge < -0.3 is 0 Å². The van der Waals surface area contributed by atoms with E-state index in [0.29, 0.717) is 5.92 Å². The molecule has 0 aromatic rings. The molecule has 1 heterocycles. The van der Waals surface area contributed by atoms with Crippen LogP contribution in [0.3, 0.4) is 0 Å². The second-order valence-corrected chi connectivity index (χ2v) is 3.41. The zero-order valence-electron chi connectivity index (χ0n) is 8.09. The van der Waals surface area contributed by atoms with Crippen molar-refractivity contribution in [2.75, 3.05) is 0 Å². The Kier molecular flexibility index (Phi) is 3.87. The van der Waals surface area contributed by atoms with Gasteiger partial charge in [0.25, 0.3) is 0 Å². The van der Waals surface area contributed by atoms with Crippen LogP contribution in [0.15, 0.2) is 29.2 Å². The highest BCUT2D eigenvalue weighted by Gasteiger charge is 2.12. The fourth-order valence-electron chi connectivity index (χ4n) is 1.43. The summed E-state index contributed by atoms with van der Waals surface area (Å²) in [6, 6.07) is 0. The fourth-order valence-corrected chi connectivity index (χ4v) is 1.43. The van der Waals surface area contributed by atoms with Crippen LogP contribution < -0.4 is 0 Å². The van der Waals surface area contributed by atoms with E-state index < -0.39 is 0 Å². The van der Waals surface area contributed by atoms with Crippen molar-refractivity contribution in [3.05, 3.63) is 24.2 Å². The van der Waals surface area contributed by atoms with Crippen LogP contribution in [0.1, 0.15) is 32.6 Å². The summed E-state index contributed by atoms with van der Waals surface area (Å²) < 4.78 is 12.8. The van der Waals surface area contributed by atoms with Crippen molar-refractivity contribution in [3.63, 3.8) is 0 Å². The second kappa shape index (κ2) is 4.95. The zero-order valence-corrected chi connectivity index (χ0v) is 8.09. The molecule has 1 aliphatic heterocycles. The molecule has 0 saturated carbocycles. The van der Waals surface area contributed by atoms with E-state index in [0.717, 1.165) is 25.0 Å². The lowest BCUT2D eigenvalue weighted by Gasteiger charge is -2.12. The molecule has 1 unspecified atom stereocenters. The number of halogens is 1. The first-order valence-corrected chi connectivity index (χ1v) is 4.82. The fraction of sp³-hybridized carbons (Fsp3) is 0.545. The standard InChI is InChI=1S/C11H16FN/c1-3-4-5-10-6-7-11(12)8-13-9(10)2/h7-8,10H,2-6H2,1H3. The van der Waals surface area contributed by atoms with Gasteiger partial charge in [0.15, 0.2) is 0 Å². The Labute approximate surface area is 79.1 Å². The van der Waals surface area contributed by atoms with Gasteiger partial charge in [-0.2, -0.15) is 0 Å². The Balaban J connectivity index is 2.55. The number of hydrogen-bond donors (Lipinski definition) is 0. The molecule has 13 heavy (non-hydrogen) atoms. The number of aliphatic imine (C=N–C) groups is 1. The second-order valence-electron chi connectivity index (χ2n) is 3.41. The van der Waals surface area contributed by atoms with Gasteiger partial charge >= 0.3 is 0 Å². The van der Waals surface area contributed by atoms with E-state index in [1.54, 1.807) is 6.08 Å². The van der Waals surface area contributed by atoms with Crippen LogP contribution in [0.4, 0.5) is 4.39 Å². The molecule has 0 amide bonds. The van der Waals surface area contributed by atoms with Crippen LogP contribution in [0.25, 0.3) is 0 Å². The summed E-state index contributed by atoms with van der Waals surface area (Å²) in [7, 11) is 0. The van der Waals surface area contributed by atoms with E-state index >= 15 is 0 Å². The molecule has 1 aliphatic rings. The molecule has 0 fully saturated rings. The first-order valence-electron chi connectivity index (χ1n) is 4.82.